The summed E-state index contributed by atoms with van der Waals surface area (Å²) in [6.45, 7) is -0.115. The average molecular weight is 282 g/mol. The molecule has 1 aromatic carbocycles. The average Bonchev–Trinajstić information content (AvgIpc) is 2.91. The SMILES string of the molecule is O=S(=O)(NCCc1ncn[nH]1)c1ccccc1CO. The van der Waals surface area contributed by atoms with Gasteiger partial charge in [-0.25, -0.2) is 18.1 Å². The van der Waals surface area contributed by atoms with Gasteiger partial charge in [0.25, 0.3) is 0 Å². The van der Waals surface area contributed by atoms with E-state index in [1.54, 1.807) is 18.2 Å². The number of aliphatic hydroxyl groups excluding tert-OH is 1. The molecule has 0 saturated heterocycles. The molecule has 0 spiro atoms. The maximum absolute atomic E-state index is 12.1. The minimum atomic E-state index is -3.63. The third kappa shape index (κ3) is 3.37. The lowest BCUT2D eigenvalue weighted by atomic mass is 10.2. The first kappa shape index (κ1) is 13.7. The lowest BCUT2D eigenvalue weighted by Gasteiger charge is -2.09. The van der Waals surface area contributed by atoms with E-state index in [0.717, 1.165) is 0 Å². The molecule has 2 aromatic rings. The summed E-state index contributed by atoms with van der Waals surface area (Å²) < 4.78 is 26.6. The molecule has 0 aliphatic carbocycles. The lowest BCUT2D eigenvalue weighted by Crippen LogP contribution is -2.27. The van der Waals surface area contributed by atoms with E-state index >= 15 is 0 Å². The summed E-state index contributed by atoms with van der Waals surface area (Å²) in [7, 11) is -3.63. The van der Waals surface area contributed by atoms with Crippen LogP contribution in [0.3, 0.4) is 0 Å². The van der Waals surface area contributed by atoms with Crippen LogP contribution in [-0.4, -0.2) is 35.3 Å². The molecule has 0 unspecified atom stereocenters. The highest BCUT2D eigenvalue weighted by molar-refractivity contribution is 7.89. The molecule has 2 rings (SSSR count). The molecule has 0 aliphatic rings. The number of hydrogen-bond acceptors (Lipinski definition) is 5. The monoisotopic (exact) mass is 282 g/mol. The fourth-order valence-electron chi connectivity index (χ4n) is 1.63. The molecule has 3 N–H and O–H groups in total. The van der Waals surface area contributed by atoms with Gasteiger partial charge in [0.2, 0.25) is 10.0 Å². The number of aromatic nitrogens is 3. The Labute approximate surface area is 110 Å². The number of nitrogens with one attached hydrogen (secondary N) is 2. The molecular weight excluding hydrogens is 268 g/mol. The van der Waals surface area contributed by atoms with E-state index in [9.17, 15) is 8.42 Å². The van der Waals surface area contributed by atoms with Gasteiger partial charge < -0.3 is 5.11 Å². The van der Waals surface area contributed by atoms with Gasteiger partial charge in [0, 0.05) is 13.0 Å². The second kappa shape index (κ2) is 5.91. The van der Waals surface area contributed by atoms with Crippen LogP contribution >= 0.6 is 0 Å². The molecule has 0 saturated carbocycles. The summed E-state index contributed by atoms with van der Waals surface area (Å²) in [5, 5.41) is 15.5. The molecule has 1 heterocycles. The number of H-pyrrole nitrogens is 1. The van der Waals surface area contributed by atoms with E-state index in [0.29, 0.717) is 17.8 Å². The number of sulfonamides is 1. The summed E-state index contributed by atoms with van der Waals surface area (Å²) in [4.78, 5) is 3.99. The van der Waals surface area contributed by atoms with Crippen molar-refractivity contribution in [2.75, 3.05) is 6.54 Å². The normalized spacial score (nSPS) is 11.6. The van der Waals surface area contributed by atoms with Crippen molar-refractivity contribution in [2.24, 2.45) is 0 Å². The minimum Gasteiger partial charge on any atom is -0.392 e. The van der Waals surface area contributed by atoms with E-state index < -0.39 is 10.0 Å². The van der Waals surface area contributed by atoms with Gasteiger partial charge in [-0.1, -0.05) is 18.2 Å². The Morgan fingerprint density at radius 2 is 2.11 bits per heavy atom. The number of benzene rings is 1. The zero-order chi connectivity index (χ0) is 13.7. The predicted octanol–water partition coefficient (Wildman–Crippen LogP) is -0.182. The second-order valence-corrected chi connectivity index (χ2v) is 5.58. The van der Waals surface area contributed by atoms with E-state index in [4.69, 9.17) is 5.11 Å². The highest BCUT2D eigenvalue weighted by Gasteiger charge is 2.17. The first-order valence-electron chi connectivity index (χ1n) is 5.66. The Hall–Kier alpha value is -1.77. The third-order valence-corrected chi connectivity index (χ3v) is 4.11. The van der Waals surface area contributed by atoms with Crippen molar-refractivity contribution in [3.63, 3.8) is 0 Å². The molecule has 102 valence electrons. The van der Waals surface area contributed by atoms with Crippen LogP contribution in [0.5, 0.6) is 0 Å². The summed E-state index contributed by atoms with van der Waals surface area (Å²) >= 11 is 0. The van der Waals surface area contributed by atoms with Gasteiger partial charge in [-0.2, -0.15) is 5.10 Å². The maximum Gasteiger partial charge on any atom is 0.240 e. The van der Waals surface area contributed by atoms with Crippen LogP contribution in [-0.2, 0) is 23.1 Å². The molecule has 0 atom stereocenters. The number of aromatic amines is 1. The van der Waals surface area contributed by atoms with Crippen LogP contribution < -0.4 is 4.72 Å². The van der Waals surface area contributed by atoms with Gasteiger partial charge in [0.15, 0.2) is 0 Å². The molecule has 1 aromatic heterocycles. The van der Waals surface area contributed by atoms with Crippen molar-refractivity contribution in [2.45, 2.75) is 17.9 Å². The Bertz CT molecular complexity index is 625. The first-order chi connectivity index (χ1) is 9.13. The van der Waals surface area contributed by atoms with Crippen molar-refractivity contribution in [3.8, 4) is 0 Å². The topological polar surface area (TPSA) is 108 Å². The lowest BCUT2D eigenvalue weighted by molar-refractivity contribution is 0.278. The largest absolute Gasteiger partial charge is 0.392 e. The zero-order valence-corrected chi connectivity index (χ0v) is 10.9. The summed E-state index contributed by atoms with van der Waals surface area (Å²) in [5.41, 5.74) is 0.370. The number of aliphatic hydroxyl groups is 1. The van der Waals surface area contributed by atoms with Crippen molar-refractivity contribution in [1.29, 1.82) is 0 Å². The standard InChI is InChI=1S/C11H14N4O3S/c16-7-9-3-1-2-4-10(9)19(17,18)14-6-5-11-12-8-13-15-11/h1-4,8,14,16H,5-7H2,(H,12,13,15). The number of rotatable bonds is 6. The van der Waals surface area contributed by atoms with E-state index in [2.05, 4.69) is 19.9 Å². The number of hydrogen-bond donors (Lipinski definition) is 3. The Kier molecular flexibility index (Phi) is 4.25. The molecule has 0 fully saturated rings. The molecular formula is C11H14N4O3S. The highest BCUT2D eigenvalue weighted by Crippen LogP contribution is 2.14. The van der Waals surface area contributed by atoms with Gasteiger partial charge >= 0.3 is 0 Å². The maximum atomic E-state index is 12.1. The molecule has 0 aliphatic heterocycles. The molecule has 8 heteroatoms. The minimum absolute atomic E-state index is 0.0927. The van der Waals surface area contributed by atoms with Crippen LogP contribution in [0.2, 0.25) is 0 Å². The first-order valence-corrected chi connectivity index (χ1v) is 7.14. The Morgan fingerprint density at radius 1 is 1.32 bits per heavy atom. The van der Waals surface area contributed by atoms with Crippen molar-refractivity contribution in [3.05, 3.63) is 42.0 Å². The van der Waals surface area contributed by atoms with Crippen molar-refractivity contribution < 1.29 is 13.5 Å². The van der Waals surface area contributed by atoms with Crippen molar-refractivity contribution >= 4 is 10.0 Å². The summed E-state index contributed by atoms with van der Waals surface area (Å²) in [6.07, 6.45) is 1.78. The van der Waals surface area contributed by atoms with Gasteiger partial charge in [0.05, 0.1) is 11.5 Å². The third-order valence-electron chi connectivity index (χ3n) is 2.55. The number of nitrogens with zero attached hydrogens (tertiary/aromatic N) is 2. The van der Waals surface area contributed by atoms with Gasteiger partial charge in [-0.05, 0) is 11.6 Å². The van der Waals surface area contributed by atoms with Crippen LogP contribution in [0.25, 0.3) is 0 Å². The molecule has 0 bridgehead atoms. The fraction of sp³-hybridized carbons (Fsp3) is 0.273. The van der Waals surface area contributed by atoms with E-state index in [1.165, 1.54) is 12.4 Å². The molecule has 7 nitrogen and oxygen atoms in total. The quantitative estimate of drug-likeness (QED) is 0.681. The van der Waals surface area contributed by atoms with Crippen molar-refractivity contribution in [1.82, 2.24) is 19.9 Å². The predicted molar refractivity (Wildman–Crippen MR) is 67.6 cm³/mol. The van der Waals surface area contributed by atoms with Crippen LogP contribution in [0.4, 0.5) is 0 Å². The van der Waals surface area contributed by atoms with Gasteiger partial charge in [-0.15, -0.1) is 0 Å². The highest BCUT2D eigenvalue weighted by atomic mass is 32.2. The second-order valence-electron chi connectivity index (χ2n) is 3.85. The van der Waals surface area contributed by atoms with Crippen LogP contribution in [0.15, 0.2) is 35.5 Å². The summed E-state index contributed by atoms with van der Waals surface area (Å²) in [6, 6.07) is 6.33. The van der Waals surface area contributed by atoms with E-state index in [-0.39, 0.29) is 18.0 Å². The van der Waals surface area contributed by atoms with Gasteiger partial charge in [-0.3, -0.25) is 5.10 Å². The van der Waals surface area contributed by atoms with Crippen LogP contribution in [0.1, 0.15) is 11.4 Å². The Morgan fingerprint density at radius 3 is 2.79 bits per heavy atom. The molecule has 19 heavy (non-hydrogen) atoms. The zero-order valence-electron chi connectivity index (χ0n) is 10.1. The fourth-order valence-corrected chi connectivity index (χ4v) is 2.89. The van der Waals surface area contributed by atoms with Gasteiger partial charge in [0.1, 0.15) is 12.2 Å². The van der Waals surface area contributed by atoms with Crippen LogP contribution in [0, 0.1) is 0 Å². The molecule has 0 amide bonds. The van der Waals surface area contributed by atoms with E-state index in [1.807, 2.05) is 0 Å². The smallest absolute Gasteiger partial charge is 0.240 e. The Balaban J connectivity index is 2.05. The summed E-state index contributed by atoms with van der Waals surface area (Å²) in [5.74, 6) is 0.609. The molecule has 0 radical (unpaired) electrons.